The van der Waals surface area contributed by atoms with Crippen LogP contribution < -0.4 is 4.90 Å². The van der Waals surface area contributed by atoms with Crippen molar-refractivity contribution in [3.8, 4) is 0 Å². The van der Waals surface area contributed by atoms with Crippen molar-refractivity contribution in [2.45, 2.75) is 19.1 Å². The number of nitrogens with zero attached hydrogens (tertiary/aromatic N) is 5. The van der Waals surface area contributed by atoms with E-state index in [0.29, 0.717) is 43.9 Å². The predicted octanol–water partition coefficient (Wildman–Crippen LogP) is 1.69. The molecule has 0 N–H and O–H groups in total. The quantitative estimate of drug-likeness (QED) is 0.747. The third-order valence-electron chi connectivity index (χ3n) is 4.74. The van der Waals surface area contributed by atoms with E-state index in [2.05, 4.69) is 10.3 Å². The fourth-order valence-corrected chi connectivity index (χ4v) is 3.32. The van der Waals surface area contributed by atoms with Gasteiger partial charge in [0.15, 0.2) is 0 Å². The van der Waals surface area contributed by atoms with Gasteiger partial charge in [0.05, 0.1) is 25.0 Å². The number of cyclic esters (lactones) is 1. The fourth-order valence-electron chi connectivity index (χ4n) is 3.32. The lowest BCUT2D eigenvalue weighted by atomic mass is 9.98. The van der Waals surface area contributed by atoms with Crippen LogP contribution in [0.5, 0.6) is 0 Å². The summed E-state index contributed by atoms with van der Waals surface area (Å²) in [5.41, 5.74) is 1.81. The summed E-state index contributed by atoms with van der Waals surface area (Å²) in [4.78, 5) is 26.0. The van der Waals surface area contributed by atoms with Crippen LogP contribution in [0.3, 0.4) is 0 Å². The SMILES string of the molecule is O=CN1CC=C(c2ccc(N3CC(Cn4ccnn4)OC3=O)cc2F)CC1. The van der Waals surface area contributed by atoms with Gasteiger partial charge in [0.1, 0.15) is 11.9 Å². The lowest BCUT2D eigenvalue weighted by Gasteiger charge is -2.23. The van der Waals surface area contributed by atoms with Crippen molar-refractivity contribution >= 4 is 23.8 Å². The molecule has 0 radical (unpaired) electrons. The smallest absolute Gasteiger partial charge is 0.414 e. The number of benzene rings is 1. The average molecular weight is 371 g/mol. The minimum atomic E-state index is -0.509. The summed E-state index contributed by atoms with van der Waals surface area (Å²) in [7, 11) is 0. The highest BCUT2D eigenvalue weighted by Gasteiger charge is 2.33. The van der Waals surface area contributed by atoms with Gasteiger partial charge < -0.3 is 9.64 Å². The minimum absolute atomic E-state index is 0.314. The number of ether oxygens (including phenoxy) is 1. The number of hydrogen-bond donors (Lipinski definition) is 0. The van der Waals surface area contributed by atoms with Crippen LogP contribution in [0.2, 0.25) is 0 Å². The van der Waals surface area contributed by atoms with E-state index in [0.717, 1.165) is 12.0 Å². The molecule has 0 aliphatic carbocycles. The highest BCUT2D eigenvalue weighted by atomic mass is 19.1. The third-order valence-corrected chi connectivity index (χ3v) is 4.74. The Morgan fingerprint density at radius 2 is 2.26 bits per heavy atom. The predicted molar refractivity (Wildman–Crippen MR) is 94.3 cm³/mol. The Bertz CT molecular complexity index is 883. The van der Waals surface area contributed by atoms with Gasteiger partial charge >= 0.3 is 6.09 Å². The molecule has 9 heteroatoms. The summed E-state index contributed by atoms with van der Waals surface area (Å²) >= 11 is 0. The van der Waals surface area contributed by atoms with Crippen LogP contribution in [-0.4, -0.2) is 58.1 Å². The van der Waals surface area contributed by atoms with Gasteiger partial charge in [0, 0.05) is 24.8 Å². The molecule has 1 aromatic heterocycles. The van der Waals surface area contributed by atoms with Gasteiger partial charge in [-0.05, 0) is 30.2 Å². The molecule has 1 saturated heterocycles. The lowest BCUT2D eigenvalue weighted by molar-refractivity contribution is -0.117. The fraction of sp³-hybridized carbons (Fsp3) is 0.333. The van der Waals surface area contributed by atoms with Crippen LogP contribution in [0.4, 0.5) is 14.9 Å². The Morgan fingerprint density at radius 3 is 2.93 bits per heavy atom. The van der Waals surface area contributed by atoms with Gasteiger partial charge in [0.25, 0.3) is 0 Å². The van der Waals surface area contributed by atoms with Gasteiger partial charge in [0.2, 0.25) is 6.41 Å². The summed E-state index contributed by atoms with van der Waals surface area (Å²) in [6.45, 7) is 1.75. The van der Waals surface area contributed by atoms with Crippen LogP contribution >= 0.6 is 0 Å². The number of halogens is 1. The number of amides is 2. The Morgan fingerprint density at radius 1 is 1.37 bits per heavy atom. The molecular formula is C18H18FN5O3. The molecule has 1 fully saturated rings. The van der Waals surface area contributed by atoms with Crippen molar-refractivity contribution in [1.29, 1.82) is 0 Å². The molecule has 27 heavy (non-hydrogen) atoms. The lowest BCUT2D eigenvalue weighted by Crippen LogP contribution is -2.27. The molecule has 3 heterocycles. The number of rotatable bonds is 5. The topological polar surface area (TPSA) is 80.6 Å². The van der Waals surface area contributed by atoms with Crippen LogP contribution in [0, 0.1) is 5.82 Å². The van der Waals surface area contributed by atoms with Gasteiger partial charge in [-0.25, -0.2) is 13.9 Å². The molecule has 8 nitrogen and oxygen atoms in total. The zero-order valence-corrected chi connectivity index (χ0v) is 14.5. The van der Waals surface area contributed by atoms with E-state index in [1.165, 1.54) is 11.0 Å². The van der Waals surface area contributed by atoms with Crippen LogP contribution in [0.1, 0.15) is 12.0 Å². The van der Waals surface area contributed by atoms with Crippen molar-refractivity contribution in [3.63, 3.8) is 0 Å². The maximum absolute atomic E-state index is 14.7. The first kappa shape index (κ1) is 17.2. The third kappa shape index (κ3) is 3.53. The molecular weight excluding hydrogens is 353 g/mol. The van der Waals surface area contributed by atoms with Gasteiger partial charge in [-0.3, -0.25) is 9.69 Å². The summed E-state index contributed by atoms with van der Waals surface area (Å²) in [6, 6.07) is 4.73. The molecule has 2 aromatic rings. The van der Waals surface area contributed by atoms with Gasteiger partial charge in [-0.15, -0.1) is 5.10 Å². The van der Waals surface area contributed by atoms with E-state index in [9.17, 15) is 14.0 Å². The van der Waals surface area contributed by atoms with E-state index in [-0.39, 0.29) is 6.10 Å². The summed E-state index contributed by atoms with van der Waals surface area (Å²) in [5.74, 6) is -0.397. The first-order chi connectivity index (χ1) is 13.1. The van der Waals surface area contributed by atoms with E-state index < -0.39 is 11.9 Å². The molecule has 4 rings (SSSR count). The molecule has 0 saturated carbocycles. The average Bonchev–Trinajstić information content (AvgIpc) is 3.31. The van der Waals surface area contributed by atoms with E-state index in [1.807, 2.05) is 6.08 Å². The largest absolute Gasteiger partial charge is 0.442 e. The maximum atomic E-state index is 14.7. The Kier molecular flexibility index (Phi) is 4.57. The molecule has 0 bridgehead atoms. The molecule has 0 spiro atoms. The first-order valence-electron chi connectivity index (χ1n) is 8.64. The second-order valence-electron chi connectivity index (χ2n) is 6.49. The zero-order valence-electron chi connectivity index (χ0n) is 14.5. The molecule has 2 aliphatic heterocycles. The Balaban J connectivity index is 1.48. The summed E-state index contributed by atoms with van der Waals surface area (Å²) in [6.07, 6.45) is 5.60. The molecule has 1 aromatic carbocycles. The number of hydrogen-bond acceptors (Lipinski definition) is 5. The van der Waals surface area contributed by atoms with Gasteiger partial charge in [-0.1, -0.05) is 11.3 Å². The van der Waals surface area contributed by atoms with Crippen LogP contribution in [0.15, 0.2) is 36.7 Å². The number of carbonyl (C=O) groups excluding carboxylic acids is 2. The zero-order chi connectivity index (χ0) is 18.8. The monoisotopic (exact) mass is 371 g/mol. The molecule has 140 valence electrons. The van der Waals surface area contributed by atoms with E-state index in [1.54, 1.807) is 34.1 Å². The second kappa shape index (κ2) is 7.18. The molecule has 1 unspecified atom stereocenters. The van der Waals surface area contributed by atoms with Crippen molar-refractivity contribution in [1.82, 2.24) is 19.9 Å². The number of anilines is 1. The highest BCUT2D eigenvalue weighted by Crippen LogP contribution is 2.29. The standard InChI is InChI=1S/C18H18FN5O3/c19-17-9-14(1-2-16(17)13-3-6-22(12-25)7-4-13)24-11-15(27-18(24)26)10-23-8-5-20-21-23/h1-3,5,8-9,12,15H,4,6-7,10-11H2. The first-order valence-corrected chi connectivity index (χ1v) is 8.64. The Hall–Kier alpha value is -3.23. The normalized spacial score (nSPS) is 19.8. The van der Waals surface area contributed by atoms with Gasteiger partial charge in [-0.2, -0.15) is 0 Å². The minimum Gasteiger partial charge on any atom is -0.442 e. The summed E-state index contributed by atoms with van der Waals surface area (Å²) < 4.78 is 21.6. The second-order valence-corrected chi connectivity index (χ2v) is 6.49. The van der Waals surface area contributed by atoms with E-state index in [4.69, 9.17) is 4.74 Å². The Labute approximate surface area is 154 Å². The number of aromatic nitrogens is 3. The molecule has 1 atom stereocenters. The van der Waals surface area contributed by atoms with Crippen LogP contribution in [0.25, 0.3) is 5.57 Å². The van der Waals surface area contributed by atoms with Crippen molar-refractivity contribution in [2.75, 3.05) is 24.5 Å². The number of carbonyl (C=O) groups is 2. The molecule has 2 amide bonds. The summed E-state index contributed by atoms with van der Waals surface area (Å²) in [5, 5.41) is 7.57. The molecule has 2 aliphatic rings. The maximum Gasteiger partial charge on any atom is 0.414 e. The van der Waals surface area contributed by atoms with Crippen LogP contribution in [-0.2, 0) is 16.1 Å². The van der Waals surface area contributed by atoms with Crippen molar-refractivity contribution in [3.05, 3.63) is 48.0 Å². The highest BCUT2D eigenvalue weighted by molar-refractivity contribution is 5.90. The van der Waals surface area contributed by atoms with Crippen molar-refractivity contribution in [2.24, 2.45) is 0 Å². The van der Waals surface area contributed by atoms with Crippen molar-refractivity contribution < 1.29 is 18.7 Å². The van der Waals surface area contributed by atoms with E-state index >= 15 is 0 Å².